The minimum atomic E-state index is -0.359. The molecular formula is C28H41ClN2O4. The van der Waals surface area contributed by atoms with Crippen LogP contribution in [-0.4, -0.2) is 55.6 Å². The Morgan fingerprint density at radius 2 is 2.03 bits per heavy atom. The lowest BCUT2D eigenvalue weighted by Gasteiger charge is -2.49. The molecule has 1 saturated carbocycles. The number of halogens is 1. The van der Waals surface area contributed by atoms with Crippen molar-refractivity contribution >= 4 is 17.8 Å². The van der Waals surface area contributed by atoms with E-state index in [0.29, 0.717) is 57.8 Å². The highest BCUT2D eigenvalue weighted by atomic mass is 35.5. The van der Waals surface area contributed by atoms with Crippen molar-refractivity contribution in [2.75, 3.05) is 27.1 Å². The fraction of sp³-hybridized carbons (Fsp3) is 0.607. The Bertz CT molecular complexity index is 986. The van der Waals surface area contributed by atoms with E-state index in [4.69, 9.17) is 26.2 Å². The second-order valence-electron chi connectivity index (χ2n) is 10.3. The van der Waals surface area contributed by atoms with Gasteiger partial charge in [0.1, 0.15) is 18.2 Å². The fourth-order valence-corrected chi connectivity index (χ4v) is 5.55. The van der Waals surface area contributed by atoms with Crippen molar-refractivity contribution < 1.29 is 19.7 Å². The van der Waals surface area contributed by atoms with E-state index < -0.39 is 0 Å². The Labute approximate surface area is 215 Å². The number of ether oxygens (including phenoxy) is 2. The largest absolute Gasteiger partial charge is 0.507 e. The number of phenols is 1. The third-order valence-corrected chi connectivity index (χ3v) is 8.69. The average Bonchev–Trinajstić information content (AvgIpc) is 2.81. The highest BCUT2D eigenvalue weighted by Gasteiger charge is 2.43. The third kappa shape index (κ3) is 5.93. The number of rotatable bonds is 9. The molecule has 2 fully saturated rings. The molecule has 3 N–H and O–H groups in total. The minimum Gasteiger partial charge on any atom is -0.507 e. The van der Waals surface area contributed by atoms with Crippen LogP contribution in [0.25, 0.3) is 0 Å². The molecule has 1 aliphatic carbocycles. The normalized spacial score (nSPS) is 28.1. The molecule has 1 aliphatic heterocycles. The number of aliphatic hydroxyl groups is 1. The Kier molecular flexibility index (Phi) is 9.44. The van der Waals surface area contributed by atoms with Crippen molar-refractivity contribution in [3.63, 3.8) is 0 Å². The number of aromatic hydroxyl groups is 1. The van der Waals surface area contributed by atoms with E-state index in [0.717, 1.165) is 18.8 Å². The number of nitrogens with zero attached hydrogens (tertiary/aromatic N) is 1. The van der Waals surface area contributed by atoms with Crippen LogP contribution in [0.3, 0.4) is 0 Å². The zero-order valence-electron chi connectivity index (χ0n) is 21.9. The molecule has 1 aromatic carbocycles. The molecule has 0 radical (unpaired) electrons. The van der Waals surface area contributed by atoms with Crippen molar-refractivity contribution in [2.24, 2.45) is 22.2 Å². The molecular weight excluding hydrogens is 464 g/mol. The van der Waals surface area contributed by atoms with Crippen LogP contribution in [-0.2, 0) is 11.2 Å². The lowest BCUT2D eigenvalue weighted by molar-refractivity contribution is -0.0258. The molecule has 7 heteroatoms. The number of aliphatic imine (C=N–C) groups is 1. The summed E-state index contributed by atoms with van der Waals surface area (Å²) in [6, 6.07) is 0.982. The van der Waals surface area contributed by atoms with Gasteiger partial charge in [0.15, 0.2) is 0 Å². The predicted octanol–water partition coefficient (Wildman–Crippen LogP) is 5.21. The van der Waals surface area contributed by atoms with Crippen LogP contribution in [0, 0.1) is 24.2 Å². The van der Waals surface area contributed by atoms with Crippen LogP contribution in [0.1, 0.15) is 57.2 Å². The molecule has 2 aliphatic rings. The second kappa shape index (κ2) is 11.9. The van der Waals surface area contributed by atoms with E-state index in [1.54, 1.807) is 14.0 Å². The first-order valence-corrected chi connectivity index (χ1v) is 12.9. The lowest BCUT2D eigenvalue weighted by Crippen LogP contribution is -2.56. The van der Waals surface area contributed by atoms with Crippen LogP contribution in [0.5, 0.6) is 11.5 Å². The van der Waals surface area contributed by atoms with E-state index in [1.807, 2.05) is 0 Å². The SMILES string of the molecule is COc1c(Cl)c(C)c(C=NCO)c(O)c1C/C=C(C)/C=C/[C@@]1(C)[C@H](C)CCC(NC2COC2)[C@@H]1C. The van der Waals surface area contributed by atoms with Crippen molar-refractivity contribution in [1.82, 2.24) is 5.32 Å². The Hall–Kier alpha value is -1.86. The summed E-state index contributed by atoms with van der Waals surface area (Å²) >= 11 is 6.54. The van der Waals surface area contributed by atoms with Gasteiger partial charge in [0, 0.05) is 23.4 Å². The second-order valence-corrected chi connectivity index (χ2v) is 10.7. The van der Waals surface area contributed by atoms with E-state index >= 15 is 0 Å². The van der Waals surface area contributed by atoms with Gasteiger partial charge < -0.3 is 25.0 Å². The summed E-state index contributed by atoms with van der Waals surface area (Å²) in [5.74, 6) is 1.63. The summed E-state index contributed by atoms with van der Waals surface area (Å²) in [4.78, 5) is 3.87. The van der Waals surface area contributed by atoms with Gasteiger partial charge in [0.05, 0.1) is 31.4 Å². The topological polar surface area (TPSA) is 83.3 Å². The molecule has 0 aromatic heterocycles. The molecule has 4 atom stereocenters. The lowest BCUT2D eigenvalue weighted by atomic mass is 9.60. The minimum absolute atomic E-state index is 0.0735. The summed E-state index contributed by atoms with van der Waals surface area (Å²) in [6.45, 7) is 12.2. The number of aliphatic hydroxyl groups excluding tert-OH is 1. The van der Waals surface area contributed by atoms with E-state index in [9.17, 15) is 5.11 Å². The smallest absolute Gasteiger partial charge is 0.144 e. The first kappa shape index (κ1) is 27.7. The monoisotopic (exact) mass is 504 g/mol. The molecule has 194 valence electrons. The molecule has 3 rings (SSSR count). The van der Waals surface area contributed by atoms with Gasteiger partial charge in [0.25, 0.3) is 0 Å². The van der Waals surface area contributed by atoms with Crippen molar-refractivity contribution in [3.05, 3.63) is 45.5 Å². The highest BCUT2D eigenvalue weighted by Crippen LogP contribution is 2.47. The number of nitrogens with one attached hydrogen (secondary N) is 1. The maximum Gasteiger partial charge on any atom is 0.144 e. The number of allylic oxidation sites excluding steroid dienone is 4. The number of hydrogen-bond acceptors (Lipinski definition) is 6. The van der Waals surface area contributed by atoms with Crippen LogP contribution >= 0.6 is 11.6 Å². The first-order chi connectivity index (χ1) is 16.6. The summed E-state index contributed by atoms with van der Waals surface area (Å²) in [6.07, 6.45) is 11.0. The zero-order valence-corrected chi connectivity index (χ0v) is 22.7. The molecule has 1 aromatic rings. The van der Waals surface area contributed by atoms with Crippen molar-refractivity contribution in [1.29, 1.82) is 0 Å². The van der Waals surface area contributed by atoms with E-state index in [2.05, 4.69) is 56.2 Å². The van der Waals surface area contributed by atoms with Crippen LogP contribution in [0.4, 0.5) is 0 Å². The Morgan fingerprint density at radius 3 is 2.63 bits per heavy atom. The quantitative estimate of drug-likeness (QED) is 0.318. The molecule has 1 saturated heterocycles. The number of methoxy groups -OCH3 is 1. The van der Waals surface area contributed by atoms with Gasteiger partial charge in [-0.1, -0.05) is 56.2 Å². The van der Waals surface area contributed by atoms with Gasteiger partial charge in [-0.3, -0.25) is 4.99 Å². The maximum absolute atomic E-state index is 10.9. The molecule has 0 spiro atoms. The van der Waals surface area contributed by atoms with Crippen molar-refractivity contribution in [3.8, 4) is 11.5 Å². The van der Waals surface area contributed by atoms with Gasteiger partial charge in [-0.25, -0.2) is 0 Å². The number of benzene rings is 1. The number of hydrogen-bond donors (Lipinski definition) is 3. The molecule has 0 amide bonds. The highest BCUT2D eigenvalue weighted by molar-refractivity contribution is 6.33. The third-order valence-electron chi connectivity index (χ3n) is 8.23. The van der Waals surface area contributed by atoms with Crippen LogP contribution in [0.2, 0.25) is 5.02 Å². The van der Waals surface area contributed by atoms with Gasteiger partial charge >= 0.3 is 0 Å². The summed E-state index contributed by atoms with van der Waals surface area (Å²) < 4.78 is 10.9. The molecule has 1 heterocycles. The van der Waals surface area contributed by atoms with Crippen LogP contribution < -0.4 is 10.1 Å². The molecule has 0 bridgehead atoms. The molecule has 6 nitrogen and oxygen atoms in total. The average molecular weight is 505 g/mol. The standard InChI is InChI=1S/C28H41ClN2O4/c1-17(7-9-22-26(33)23(13-30-16-32)19(3)25(29)27(22)34-6)11-12-28(5)18(2)8-10-24(20(28)4)31-21-14-35-15-21/h7,11-13,18,20-21,24,31-33H,8-10,14-16H2,1-6H3/b12-11+,17-7+,30-13?/t18-,20+,24?,28+/m1/s1. The summed E-state index contributed by atoms with van der Waals surface area (Å²) in [7, 11) is 1.55. The fourth-order valence-electron chi connectivity index (χ4n) is 5.25. The van der Waals surface area contributed by atoms with E-state index in [-0.39, 0.29) is 17.9 Å². The van der Waals surface area contributed by atoms with Gasteiger partial charge in [-0.05, 0) is 55.9 Å². The van der Waals surface area contributed by atoms with Crippen LogP contribution in [0.15, 0.2) is 28.8 Å². The number of phenolic OH excluding ortho intramolecular Hbond substituents is 1. The molecule has 35 heavy (non-hydrogen) atoms. The van der Waals surface area contributed by atoms with Gasteiger partial charge in [-0.15, -0.1) is 0 Å². The van der Waals surface area contributed by atoms with Crippen molar-refractivity contribution in [2.45, 2.75) is 66.0 Å². The Balaban J connectivity index is 1.81. The zero-order chi connectivity index (χ0) is 25.8. The summed E-state index contributed by atoms with van der Waals surface area (Å²) in [5.41, 5.74) is 2.95. The van der Waals surface area contributed by atoms with E-state index in [1.165, 1.54) is 19.1 Å². The first-order valence-electron chi connectivity index (χ1n) is 12.5. The molecule has 1 unspecified atom stereocenters. The predicted molar refractivity (Wildman–Crippen MR) is 143 cm³/mol. The maximum atomic E-state index is 10.9. The Morgan fingerprint density at radius 1 is 1.31 bits per heavy atom. The van der Waals surface area contributed by atoms with Gasteiger partial charge in [0.2, 0.25) is 0 Å². The summed E-state index contributed by atoms with van der Waals surface area (Å²) in [5, 5.41) is 24.3. The van der Waals surface area contributed by atoms with Gasteiger partial charge in [-0.2, -0.15) is 0 Å².